The summed E-state index contributed by atoms with van der Waals surface area (Å²) in [5.41, 5.74) is 0. The zero-order chi connectivity index (χ0) is 12.0. The third-order valence-corrected chi connectivity index (χ3v) is 3.26. The number of nitrogens with one attached hydrogen (secondary N) is 1. The lowest BCUT2D eigenvalue weighted by Crippen LogP contribution is -2.33. The minimum absolute atomic E-state index is 0.483. The summed E-state index contributed by atoms with van der Waals surface area (Å²) in [5, 5.41) is 13.1. The molecule has 0 aliphatic heterocycles. The number of hydrogen-bond acceptors (Lipinski definition) is 6. The van der Waals surface area contributed by atoms with E-state index in [0.717, 1.165) is 29.8 Å². The minimum Gasteiger partial charge on any atom is -0.383 e. The van der Waals surface area contributed by atoms with Gasteiger partial charge in [-0.2, -0.15) is 0 Å². The smallest absolute Gasteiger partial charge is 0.205 e. The molecule has 0 radical (unpaired) electrons. The molecule has 1 aromatic heterocycles. The van der Waals surface area contributed by atoms with E-state index in [4.69, 9.17) is 4.74 Å². The second kappa shape index (κ2) is 6.78. The molecule has 0 aliphatic rings. The van der Waals surface area contributed by atoms with Crippen molar-refractivity contribution in [1.82, 2.24) is 15.1 Å². The largest absolute Gasteiger partial charge is 0.383 e. The number of anilines is 1. The van der Waals surface area contributed by atoms with Crippen molar-refractivity contribution in [2.45, 2.75) is 26.4 Å². The van der Waals surface area contributed by atoms with Crippen molar-refractivity contribution in [3.63, 3.8) is 0 Å². The van der Waals surface area contributed by atoms with Gasteiger partial charge in [0.2, 0.25) is 5.13 Å². The van der Waals surface area contributed by atoms with Gasteiger partial charge in [-0.25, -0.2) is 0 Å². The molecule has 5 nitrogen and oxygen atoms in total. The molecule has 92 valence electrons. The second-order valence-electron chi connectivity index (χ2n) is 3.81. The summed E-state index contributed by atoms with van der Waals surface area (Å²) in [6.45, 7) is 6.85. The summed E-state index contributed by atoms with van der Waals surface area (Å²) in [7, 11) is 3.58. The van der Waals surface area contributed by atoms with Gasteiger partial charge in [0.1, 0.15) is 5.01 Å². The summed E-state index contributed by atoms with van der Waals surface area (Å²) < 4.78 is 5.10. The third-order valence-electron chi connectivity index (χ3n) is 2.33. The fourth-order valence-corrected chi connectivity index (χ4v) is 2.04. The Morgan fingerprint density at radius 3 is 2.69 bits per heavy atom. The maximum atomic E-state index is 5.10. The van der Waals surface area contributed by atoms with E-state index >= 15 is 0 Å². The average Bonchev–Trinajstić information content (AvgIpc) is 2.71. The number of methoxy groups -OCH3 is 1. The highest BCUT2D eigenvalue weighted by Crippen LogP contribution is 2.16. The van der Waals surface area contributed by atoms with E-state index in [1.165, 1.54) is 0 Å². The molecule has 0 fully saturated rings. The molecular weight excluding hydrogens is 224 g/mol. The molecule has 1 N–H and O–H groups in total. The van der Waals surface area contributed by atoms with Gasteiger partial charge in [-0.15, -0.1) is 10.2 Å². The molecule has 1 aromatic rings. The van der Waals surface area contributed by atoms with Crippen LogP contribution in [0.4, 0.5) is 5.13 Å². The molecule has 0 bridgehead atoms. The SMILES string of the molecule is CNc1nnc(CN(CCOC)C(C)C)s1. The van der Waals surface area contributed by atoms with Gasteiger partial charge in [-0.3, -0.25) is 4.90 Å². The van der Waals surface area contributed by atoms with Crippen LogP contribution in [0.3, 0.4) is 0 Å². The van der Waals surface area contributed by atoms with Gasteiger partial charge in [-0.1, -0.05) is 11.3 Å². The van der Waals surface area contributed by atoms with Crippen LogP contribution < -0.4 is 5.32 Å². The van der Waals surface area contributed by atoms with E-state index in [-0.39, 0.29) is 0 Å². The Balaban J connectivity index is 2.53. The van der Waals surface area contributed by atoms with Gasteiger partial charge in [0.15, 0.2) is 0 Å². The summed E-state index contributed by atoms with van der Waals surface area (Å²) in [6.07, 6.45) is 0. The van der Waals surface area contributed by atoms with Crippen LogP contribution in [0.15, 0.2) is 0 Å². The number of rotatable bonds is 7. The lowest BCUT2D eigenvalue weighted by molar-refractivity contribution is 0.124. The molecule has 0 amide bonds. The van der Waals surface area contributed by atoms with Crippen molar-refractivity contribution in [1.29, 1.82) is 0 Å². The van der Waals surface area contributed by atoms with E-state index in [1.807, 2.05) is 7.05 Å². The maximum absolute atomic E-state index is 5.10. The molecule has 0 saturated carbocycles. The number of aromatic nitrogens is 2. The lowest BCUT2D eigenvalue weighted by Gasteiger charge is -2.24. The molecule has 0 aromatic carbocycles. The number of nitrogens with zero attached hydrogens (tertiary/aromatic N) is 3. The Hall–Kier alpha value is -0.720. The topological polar surface area (TPSA) is 50.3 Å². The first-order valence-corrected chi connectivity index (χ1v) is 6.22. The molecule has 16 heavy (non-hydrogen) atoms. The molecule has 1 rings (SSSR count). The van der Waals surface area contributed by atoms with E-state index in [1.54, 1.807) is 18.4 Å². The first kappa shape index (κ1) is 13.3. The zero-order valence-corrected chi connectivity index (χ0v) is 11.2. The Labute approximate surface area is 101 Å². The van der Waals surface area contributed by atoms with Crippen LogP contribution >= 0.6 is 11.3 Å². The zero-order valence-electron chi connectivity index (χ0n) is 10.4. The Bertz CT molecular complexity index is 303. The molecular formula is C10H20N4OS. The fourth-order valence-electron chi connectivity index (χ4n) is 1.32. The molecule has 0 unspecified atom stereocenters. The average molecular weight is 244 g/mol. The van der Waals surface area contributed by atoms with E-state index < -0.39 is 0 Å². The second-order valence-corrected chi connectivity index (χ2v) is 4.87. The summed E-state index contributed by atoms with van der Waals surface area (Å²) in [4.78, 5) is 2.32. The van der Waals surface area contributed by atoms with Crippen LogP contribution in [0.1, 0.15) is 18.9 Å². The number of ether oxygens (including phenoxy) is 1. The van der Waals surface area contributed by atoms with Gasteiger partial charge in [0, 0.05) is 26.7 Å². The van der Waals surface area contributed by atoms with Gasteiger partial charge < -0.3 is 10.1 Å². The van der Waals surface area contributed by atoms with Crippen molar-refractivity contribution >= 4 is 16.5 Å². The van der Waals surface area contributed by atoms with Gasteiger partial charge in [-0.05, 0) is 13.8 Å². The van der Waals surface area contributed by atoms with Crippen molar-refractivity contribution in [2.24, 2.45) is 0 Å². The van der Waals surface area contributed by atoms with Gasteiger partial charge in [0.05, 0.1) is 13.2 Å². The van der Waals surface area contributed by atoms with Crippen LogP contribution in [-0.2, 0) is 11.3 Å². The van der Waals surface area contributed by atoms with Crippen LogP contribution in [0.5, 0.6) is 0 Å². The first-order valence-electron chi connectivity index (χ1n) is 5.40. The molecule has 0 aliphatic carbocycles. The summed E-state index contributed by atoms with van der Waals surface area (Å²) >= 11 is 1.60. The first-order chi connectivity index (χ1) is 7.67. The lowest BCUT2D eigenvalue weighted by atomic mass is 10.3. The van der Waals surface area contributed by atoms with Gasteiger partial charge in [0.25, 0.3) is 0 Å². The number of hydrogen-bond donors (Lipinski definition) is 1. The summed E-state index contributed by atoms with van der Waals surface area (Å²) in [6, 6.07) is 0.483. The Morgan fingerprint density at radius 1 is 1.44 bits per heavy atom. The van der Waals surface area contributed by atoms with Crippen LogP contribution in [0, 0.1) is 0 Å². The highest BCUT2D eigenvalue weighted by atomic mass is 32.1. The van der Waals surface area contributed by atoms with Gasteiger partial charge >= 0.3 is 0 Å². The van der Waals surface area contributed by atoms with E-state index in [2.05, 4.69) is 34.3 Å². The predicted molar refractivity (Wildman–Crippen MR) is 66.9 cm³/mol. The maximum Gasteiger partial charge on any atom is 0.205 e. The minimum atomic E-state index is 0.483. The highest BCUT2D eigenvalue weighted by molar-refractivity contribution is 7.15. The standard InChI is InChI=1S/C10H20N4OS/c1-8(2)14(5-6-15-4)7-9-12-13-10(11-3)16-9/h8H,5-7H2,1-4H3,(H,11,13). The summed E-state index contributed by atoms with van der Waals surface area (Å²) in [5.74, 6) is 0. The molecule has 6 heteroatoms. The van der Waals surface area contributed by atoms with Crippen molar-refractivity contribution in [3.05, 3.63) is 5.01 Å². The normalized spacial score (nSPS) is 11.4. The molecule has 1 heterocycles. The molecule has 0 atom stereocenters. The van der Waals surface area contributed by atoms with Crippen molar-refractivity contribution in [3.8, 4) is 0 Å². The Morgan fingerprint density at radius 2 is 2.19 bits per heavy atom. The van der Waals surface area contributed by atoms with Crippen LogP contribution in [0.25, 0.3) is 0 Å². The van der Waals surface area contributed by atoms with Crippen LogP contribution in [0.2, 0.25) is 0 Å². The molecule has 0 spiro atoms. The quantitative estimate of drug-likeness (QED) is 0.786. The highest BCUT2D eigenvalue weighted by Gasteiger charge is 2.12. The van der Waals surface area contributed by atoms with E-state index in [0.29, 0.717) is 6.04 Å². The third kappa shape index (κ3) is 4.03. The predicted octanol–water partition coefficient (Wildman–Crippen LogP) is 1.44. The van der Waals surface area contributed by atoms with Crippen LogP contribution in [-0.4, -0.2) is 48.4 Å². The van der Waals surface area contributed by atoms with Crippen molar-refractivity contribution in [2.75, 3.05) is 32.6 Å². The Kier molecular flexibility index (Phi) is 5.65. The monoisotopic (exact) mass is 244 g/mol. The fraction of sp³-hybridized carbons (Fsp3) is 0.800. The molecule has 0 saturated heterocycles. The van der Waals surface area contributed by atoms with Crippen molar-refractivity contribution < 1.29 is 4.74 Å². The van der Waals surface area contributed by atoms with E-state index in [9.17, 15) is 0 Å².